The van der Waals surface area contributed by atoms with Gasteiger partial charge in [-0.2, -0.15) is 0 Å². The summed E-state index contributed by atoms with van der Waals surface area (Å²) in [4.78, 5) is 7.16. The minimum Gasteiger partial charge on any atom is -0.496 e. The Morgan fingerprint density at radius 1 is 1.25 bits per heavy atom. The molecule has 0 aliphatic carbocycles. The molecule has 0 saturated carbocycles. The van der Waals surface area contributed by atoms with E-state index < -0.39 is 0 Å². The van der Waals surface area contributed by atoms with E-state index in [0.29, 0.717) is 6.10 Å². The molecule has 0 amide bonds. The first-order chi connectivity index (χ1) is 11.8. The van der Waals surface area contributed by atoms with Crippen LogP contribution in [0.3, 0.4) is 0 Å². The van der Waals surface area contributed by atoms with Crippen LogP contribution in [0, 0.1) is 0 Å². The maximum atomic E-state index is 5.73. The average molecular weight is 333 g/mol. The van der Waals surface area contributed by atoms with Crippen molar-refractivity contribution in [1.29, 1.82) is 0 Å². The molecule has 2 rings (SSSR count). The molecule has 1 saturated heterocycles. The van der Waals surface area contributed by atoms with Gasteiger partial charge in [-0.05, 0) is 44.7 Å². The molecule has 5 nitrogen and oxygen atoms in total. The van der Waals surface area contributed by atoms with Gasteiger partial charge in [0.2, 0.25) is 0 Å². The van der Waals surface area contributed by atoms with Crippen LogP contribution in [-0.4, -0.2) is 56.9 Å². The minimum atomic E-state index is 0.405. The summed E-state index contributed by atoms with van der Waals surface area (Å²) in [5.74, 6) is 1.96. The fourth-order valence-electron chi connectivity index (χ4n) is 3.09. The Morgan fingerprint density at radius 2 is 2.00 bits per heavy atom. The van der Waals surface area contributed by atoms with E-state index in [9.17, 15) is 0 Å². The summed E-state index contributed by atoms with van der Waals surface area (Å²) in [6.07, 6.45) is 3.44. The molecular formula is C19H31N3O2. The lowest BCUT2D eigenvalue weighted by molar-refractivity contribution is 0.0264. The standard InChI is InChI=1S/C19H31N3O2/c1-4-20-19(22-14-11-17(12-15-22)24-5-2)21-13-10-16-8-6-7-9-18(16)23-3/h6-9,17H,4-5,10-15H2,1-3H3,(H,20,21). The van der Waals surface area contributed by atoms with Crippen LogP contribution in [0.4, 0.5) is 0 Å². The van der Waals surface area contributed by atoms with Crippen LogP contribution < -0.4 is 10.1 Å². The zero-order valence-electron chi connectivity index (χ0n) is 15.3. The third-order valence-electron chi connectivity index (χ3n) is 4.31. The molecule has 1 aliphatic rings. The highest BCUT2D eigenvalue weighted by atomic mass is 16.5. The summed E-state index contributed by atoms with van der Waals surface area (Å²) in [5, 5.41) is 3.42. The van der Waals surface area contributed by atoms with Gasteiger partial charge in [0.15, 0.2) is 5.96 Å². The molecule has 0 spiro atoms. The number of guanidine groups is 1. The van der Waals surface area contributed by atoms with Crippen LogP contribution >= 0.6 is 0 Å². The molecule has 1 aromatic rings. The first kappa shape index (κ1) is 18.6. The quantitative estimate of drug-likeness (QED) is 0.616. The van der Waals surface area contributed by atoms with Crippen molar-refractivity contribution in [3.63, 3.8) is 0 Å². The molecule has 0 aromatic heterocycles. The molecule has 134 valence electrons. The zero-order chi connectivity index (χ0) is 17.2. The second-order valence-corrected chi connectivity index (χ2v) is 5.94. The highest BCUT2D eigenvalue weighted by Gasteiger charge is 2.21. The van der Waals surface area contributed by atoms with Crippen LogP contribution in [0.2, 0.25) is 0 Å². The lowest BCUT2D eigenvalue weighted by Crippen LogP contribution is -2.47. The summed E-state index contributed by atoms with van der Waals surface area (Å²) in [6, 6.07) is 8.15. The zero-order valence-corrected chi connectivity index (χ0v) is 15.3. The summed E-state index contributed by atoms with van der Waals surface area (Å²) in [5.41, 5.74) is 1.20. The molecule has 0 radical (unpaired) electrons. The van der Waals surface area contributed by atoms with Crippen molar-refractivity contribution in [2.45, 2.75) is 39.2 Å². The number of ether oxygens (including phenoxy) is 2. The molecule has 1 aromatic carbocycles. The van der Waals surface area contributed by atoms with Crippen LogP contribution in [0.15, 0.2) is 29.3 Å². The number of benzene rings is 1. The van der Waals surface area contributed by atoms with Crippen LogP contribution in [0.5, 0.6) is 5.75 Å². The number of hydrogen-bond acceptors (Lipinski definition) is 3. The number of likely N-dealkylation sites (tertiary alicyclic amines) is 1. The summed E-state index contributed by atoms with van der Waals surface area (Å²) in [6.45, 7) is 8.64. The second-order valence-electron chi connectivity index (χ2n) is 5.94. The van der Waals surface area contributed by atoms with Gasteiger partial charge in [-0.25, -0.2) is 0 Å². The van der Waals surface area contributed by atoms with E-state index in [-0.39, 0.29) is 0 Å². The fourth-order valence-corrected chi connectivity index (χ4v) is 3.09. The van der Waals surface area contributed by atoms with Gasteiger partial charge in [0.25, 0.3) is 0 Å². The predicted molar refractivity (Wildman–Crippen MR) is 98.9 cm³/mol. The number of rotatable bonds is 7. The van der Waals surface area contributed by atoms with Crippen molar-refractivity contribution < 1.29 is 9.47 Å². The lowest BCUT2D eigenvalue weighted by Gasteiger charge is -2.34. The monoisotopic (exact) mass is 333 g/mol. The van der Waals surface area contributed by atoms with Crippen molar-refractivity contribution in [1.82, 2.24) is 10.2 Å². The predicted octanol–water partition coefficient (Wildman–Crippen LogP) is 2.70. The SMILES string of the molecule is CCNC(=NCCc1ccccc1OC)N1CCC(OCC)CC1. The second kappa shape index (κ2) is 10.2. The van der Waals surface area contributed by atoms with E-state index in [1.807, 2.05) is 18.2 Å². The Balaban J connectivity index is 1.91. The Morgan fingerprint density at radius 3 is 2.67 bits per heavy atom. The molecule has 24 heavy (non-hydrogen) atoms. The van der Waals surface area contributed by atoms with Gasteiger partial charge in [-0.3, -0.25) is 4.99 Å². The number of hydrogen-bond donors (Lipinski definition) is 1. The van der Waals surface area contributed by atoms with Crippen molar-refractivity contribution >= 4 is 5.96 Å². The number of methoxy groups -OCH3 is 1. The Labute approximate surface area is 146 Å². The van der Waals surface area contributed by atoms with Crippen molar-refractivity contribution in [2.75, 3.05) is 39.9 Å². The van der Waals surface area contributed by atoms with Gasteiger partial charge in [0.1, 0.15) is 5.75 Å². The highest BCUT2D eigenvalue weighted by molar-refractivity contribution is 5.80. The molecule has 1 heterocycles. The summed E-state index contributed by atoms with van der Waals surface area (Å²) < 4.78 is 11.1. The Bertz CT molecular complexity index is 511. The molecule has 0 atom stereocenters. The third kappa shape index (κ3) is 5.41. The molecule has 0 unspecified atom stereocenters. The Hall–Kier alpha value is -1.75. The van der Waals surface area contributed by atoms with Crippen LogP contribution in [0.25, 0.3) is 0 Å². The number of piperidine rings is 1. The van der Waals surface area contributed by atoms with E-state index in [1.54, 1.807) is 7.11 Å². The maximum Gasteiger partial charge on any atom is 0.193 e. The van der Waals surface area contributed by atoms with Gasteiger partial charge in [-0.1, -0.05) is 18.2 Å². The largest absolute Gasteiger partial charge is 0.496 e. The van der Waals surface area contributed by atoms with E-state index in [0.717, 1.165) is 63.8 Å². The molecular weight excluding hydrogens is 302 g/mol. The van der Waals surface area contributed by atoms with Crippen molar-refractivity contribution in [3.05, 3.63) is 29.8 Å². The van der Waals surface area contributed by atoms with Gasteiger partial charge in [0, 0.05) is 32.8 Å². The molecule has 5 heteroatoms. The molecule has 1 aliphatic heterocycles. The first-order valence-corrected chi connectivity index (χ1v) is 9.05. The highest BCUT2D eigenvalue weighted by Crippen LogP contribution is 2.18. The van der Waals surface area contributed by atoms with Gasteiger partial charge < -0.3 is 19.7 Å². The molecule has 1 fully saturated rings. The Kier molecular flexibility index (Phi) is 7.89. The normalized spacial score (nSPS) is 16.3. The van der Waals surface area contributed by atoms with Crippen molar-refractivity contribution in [3.8, 4) is 5.75 Å². The maximum absolute atomic E-state index is 5.73. The minimum absolute atomic E-state index is 0.405. The molecule has 1 N–H and O–H groups in total. The van der Waals surface area contributed by atoms with Gasteiger partial charge in [-0.15, -0.1) is 0 Å². The van der Waals surface area contributed by atoms with Gasteiger partial charge in [0.05, 0.1) is 13.2 Å². The van der Waals surface area contributed by atoms with Gasteiger partial charge >= 0.3 is 0 Å². The first-order valence-electron chi connectivity index (χ1n) is 9.05. The van der Waals surface area contributed by atoms with Crippen LogP contribution in [0.1, 0.15) is 32.3 Å². The van der Waals surface area contributed by atoms with E-state index >= 15 is 0 Å². The van der Waals surface area contributed by atoms with Crippen molar-refractivity contribution in [2.24, 2.45) is 4.99 Å². The fraction of sp³-hybridized carbons (Fsp3) is 0.632. The average Bonchev–Trinajstić information content (AvgIpc) is 2.62. The molecule has 0 bridgehead atoms. The van der Waals surface area contributed by atoms with E-state index in [1.165, 1.54) is 5.56 Å². The van der Waals surface area contributed by atoms with Crippen LogP contribution in [-0.2, 0) is 11.2 Å². The number of para-hydroxylation sites is 1. The van der Waals surface area contributed by atoms with E-state index in [4.69, 9.17) is 14.5 Å². The van der Waals surface area contributed by atoms with E-state index in [2.05, 4.69) is 30.1 Å². The number of nitrogens with one attached hydrogen (secondary N) is 1. The summed E-state index contributed by atoms with van der Waals surface area (Å²) in [7, 11) is 1.72. The summed E-state index contributed by atoms with van der Waals surface area (Å²) >= 11 is 0. The number of nitrogens with zero attached hydrogens (tertiary/aromatic N) is 2. The lowest BCUT2D eigenvalue weighted by atomic mass is 10.1. The number of aliphatic imine (C=N–C) groups is 1. The topological polar surface area (TPSA) is 46.1 Å². The smallest absolute Gasteiger partial charge is 0.193 e. The third-order valence-corrected chi connectivity index (χ3v) is 4.31.